The van der Waals surface area contributed by atoms with Crippen LogP contribution in [0.2, 0.25) is 0 Å². The topological polar surface area (TPSA) is 93.5 Å². The zero-order valence-corrected chi connectivity index (χ0v) is 16.6. The van der Waals surface area contributed by atoms with Gasteiger partial charge in [-0.1, -0.05) is 6.92 Å². The molecule has 1 aromatic heterocycles. The highest BCUT2D eigenvalue weighted by Gasteiger charge is 2.30. The van der Waals surface area contributed by atoms with Crippen LogP contribution >= 0.6 is 0 Å². The number of carbonyl (C=O) groups excluding carboxylic acids is 1. The van der Waals surface area contributed by atoms with Gasteiger partial charge in [-0.25, -0.2) is 4.68 Å². The van der Waals surface area contributed by atoms with Crippen molar-refractivity contribution in [2.45, 2.75) is 40.0 Å². The van der Waals surface area contributed by atoms with E-state index in [9.17, 15) is 9.59 Å². The van der Waals surface area contributed by atoms with Crippen molar-refractivity contribution >= 4 is 11.9 Å². The van der Waals surface area contributed by atoms with Gasteiger partial charge in [-0.3, -0.25) is 9.59 Å². The van der Waals surface area contributed by atoms with E-state index < -0.39 is 5.97 Å². The van der Waals surface area contributed by atoms with Crippen molar-refractivity contribution in [1.82, 2.24) is 15.1 Å². The van der Waals surface area contributed by atoms with Gasteiger partial charge in [0.05, 0.1) is 18.0 Å². The first-order chi connectivity index (χ1) is 13.3. The molecule has 0 bridgehead atoms. The Morgan fingerprint density at radius 1 is 1.29 bits per heavy atom. The van der Waals surface area contributed by atoms with Crippen LogP contribution in [0.1, 0.15) is 47.1 Å². The third-order valence-electron chi connectivity index (χ3n) is 5.38. The first kappa shape index (κ1) is 20.1. The molecule has 2 aromatic rings. The second kappa shape index (κ2) is 8.14. The molecule has 1 amide bonds. The van der Waals surface area contributed by atoms with Crippen molar-refractivity contribution in [3.8, 4) is 5.69 Å². The van der Waals surface area contributed by atoms with Crippen LogP contribution in [0.5, 0.6) is 0 Å². The molecule has 1 aliphatic rings. The number of nitrogens with one attached hydrogen (secondary N) is 1. The summed E-state index contributed by atoms with van der Waals surface area (Å²) in [5.74, 6) is -0.921. The Balaban J connectivity index is 1.69. The van der Waals surface area contributed by atoms with Gasteiger partial charge in [0, 0.05) is 36.2 Å². The van der Waals surface area contributed by atoms with Gasteiger partial charge in [0.1, 0.15) is 0 Å². The van der Waals surface area contributed by atoms with E-state index in [4.69, 9.17) is 9.84 Å². The lowest BCUT2D eigenvalue weighted by Gasteiger charge is -2.21. The number of carbonyl (C=O) groups is 2. The van der Waals surface area contributed by atoms with Gasteiger partial charge >= 0.3 is 5.97 Å². The Kier molecular flexibility index (Phi) is 5.84. The SMILES string of the molecule is Cc1nn(-c2ccc(C(=O)NCC3(C)CCOC3)cc2)c(C)c1CCC(=O)O. The van der Waals surface area contributed by atoms with E-state index in [2.05, 4.69) is 17.3 Å². The van der Waals surface area contributed by atoms with Gasteiger partial charge < -0.3 is 15.2 Å². The lowest BCUT2D eigenvalue weighted by Crippen LogP contribution is -2.36. The molecular formula is C21H27N3O4. The lowest BCUT2D eigenvalue weighted by molar-refractivity contribution is -0.136. The van der Waals surface area contributed by atoms with E-state index in [1.165, 1.54) is 0 Å². The summed E-state index contributed by atoms with van der Waals surface area (Å²) in [4.78, 5) is 23.3. The molecule has 1 fully saturated rings. The molecule has 7 nitrogen and oxygen atoms in total. The molecule has 1 aromatic carbocycles. The van der Waals surface area contributed by atoms with Crippen molar-refractivity contribution in [2.24, 2.45) is 5.41 Å². The highest BCUT2D eigenvalue weighted by Crippen LogP contribution is 2.26. The number of aryl methyl sites for hydroxylation is 1. The molecule has 0 aliphatic carbocycles. The third-order valence-corrected chi connectivity index (χ3v) is 5.38. The molecule has 150 valence electrons. The van der Waals surface area contributed by atoms with E-state index in [1.54, 1.807) is 16.8 Å². The summed E-state index contributed by atoms with van der Waals surface area (Å²) in [5, 5.41) is 16.5. The summed E-state index contributed by atoms with van der Waals surface area (Å²) in [6.45, 7) is 7.95. The van der Waals surface area contributed by atoms with Crippen molar-refractivity contribution in [2.75, 3.05) is 19.8 Å². The summed E-state index contributed by atoms with van der Waals surface area (Å²) < 4.78 is 7.22. The van der Waals surface area contributed by atoms with Gasteiger partial charge in [-0.2, -0.15) is 5.10 Å². The molecule has 7 heteroatoms. The smallest absolute Gasteiger partial charge is 0.303 e. The lowest BCUT2D eigenvalue weighted by atomic mass is 9.90. The van der Waals surface area contributed by atoms with Crippen LogP contribution in [-0.2, 0) is 16.0 Å². The van der Waals surface area contributed by atoms with Crippen LogP contribution in [0, 0.1) is 19.3 Å². The van der Waals surface area contributed by atoms with E-state index in [0.29, 0.717) is 25.1 Å². The fourth-order valence-electron chi connectivity index (χ4n) is 3.52. The minimum atomic E-state index is -0.819. The number of aromatic nitrogens is 2. The van der Waals surface area contributed by atoms with E-state index >= 15 is 0 Å². The Bertz CT molecular complexity index is 865. The molecule has 2 N–H and O–H groups in total. The van der Waals surface area contributed by atoms with Crippen LogP contribution < -0.4 is 5.32 Å². The maximum Gasteiger partial charge on any atom is 0.303 e. The molecule has 1 unspecified atom stereocenters. The van der Waals surface area contributed by atoms with E-state index in [0.717, 1.165) is 35.7 Å². The highest BCUT2D eigenvalue weighted by molar-refractivity contribution is 5.94. The predicted molar refractivity (Wildman–Crippen MR) is 105 cm³/mol. The fraction of sp³-hybridized carbons (Fsp3) is 0.476. The summed E-state index contributed by atoms with van der Waals surface area (Å²) in [5.41, 5.74) is 4.15. The van der Waals surface area contributed by atoms with Gasteiger partial charge in [0.15, 0.2) is 0 Å². The number of carboxylic acids is 1. The molecule has 28 heavy (non-hydrogen) atoms. The van der Waals surface area contributed by atoms with Crippen molar-refractivity contribution in [3.05, 3.63) is 46.8 Å². The largest absolute Gasteiger partial charge is 0.481 e. The minimum Gasteiger partial charge on any atom is -0.481 e. The second-order valence-electron chi connectivity index (χ2n) is 7.80. The first-order valence-corrected chi connectivity index (χ1v) is 9.52. The highest BCUT2D eigenvalue weighted by atomic mass is 16.5. The van der Waals surface area contributed by atoms with Gasteiger partial charge in [0.25, 0.3) is 5.91 Å². The number of aliphatic carboxylic acids is 1. The zero-order chi connectivity index (χ0) is 20.3. The van der Waals surface area contributed by atoms with Crippen molar-refractivity contribution < 1.29 is 19.4 Å². The molecule has 2 heterocycles. The third kappa shape index (κ3) is 4.42. The maximum atomic E-state index is 12.4. The van der Waals surface area contributed by atoms with Crippen LogP contribution in [-0.4, -0.2) is 46.5 Å². The molecular weight excluding hydrogens is 358 g/mol. The normalized spacial score (nSPS) is 19.0. The Morgan fingerprint density at radius 2 is 2.00 bits per heavy atom. The van der Waals surface area contributed by atoms with Gasteiger partial charge in [0.2, 0.25) is 0 Å². The maximum absolute atomic E-state index is 12.4. The molecule has 3 rings (SSSR count). The molecule has 0 spiro atoms. The molecule has 0 saturated carbocycles. The quantitative estimate of drug-likeness (QED) is 0.764. The Morgan fingerprint density at radius 3 is 2.61 bits per heavy atom. The summed E-state index contributed by atoms with van der Waals surface area (Å²) in [7, 11) is 0. The number of rotatable bonds is 7. The van der Waals surface area contributed by atoms with Crippen molar-refractivity contribution in [1.29, 1.82) is 0 Å². The zero-order valence-electron chi connectivity index (χ0n) is 16.6. The number of hydrogen-bond donors (Lipinski definition) is 2. The van der Waals surface area contributed by atoms with E-state index in [1.807, 2.05) is 26.0 Å². The number of nitrogens with zero attached hydrogens (tertiary/aromatic N) is 2. The second-order valence-corrected chi connectivity index (χ2v) is 7.80. The van der Waals surface area contributed by atoms with E-state index in [-0.39, 0.29) is 17.7 Å². The standard InChI is InChI=1S/C21H27N3O4/c1-14-18(8-9-19(25)26)15(2)24(23-14)17-6-4-16(5-7-17)20(27)22-12-21(3)10-11-28-13-21/h4-7H,8-13H2,1-3H3,(H,22,27)(H,25,26). The number of benzene rings is 1. The summed E-state index contributed by atoms with van der Waals surface area (Å²) in [6, 6.07) is 7.28. The van der Waals surface area contributed by atoms with Crippen LogP contribution in [0.15, 0.2) is 24.3 Å². The summed E-state index contributed by atoms with van der Waals surface area (Å²) in [6.07, 6.45) is 1.49. The number of amides is 1. The average Bonchev–Trinajstić information content (AvgIpc) is 3.22. The minimum absolute atomic E-state index is 0.00561. The first-order valence-electron chi connectivity index (χ1n) is 9.52. The number of hydrogen-bond acceptors (Lipinski definition) is 4. The fourth-order valence-corrected chi connectivity index (χ4v) is 3.52. The average molecular weight is 385 g/mol. The molecule has 0 radical (unpaired) electrons. The molecule has 1 atom stereocenters. The number of ether oxygens (including phenoxy) is 1. The van der Waals surface area contributed by atoms with Crippen LogP contribution in [0.4, 0.5) is 0 Å². The Hall–Kier alpha value is -2.67. The predicted octanol–water partition coefficient (Wildman–Crippen LogP) is 2.66. The van der Waals surface area contributed by atoms with Crippen LogP contribution in [0.25, 0.3) is 5.69 Å². The molecule has 1 aliphatic heterocycles. The monoisotopic (exact) mass is 385 g/mol. The van der Waals surface area contributed by atoms with Crippen LogP contribution in [0.3, 0.4) is 0 Å². The van der Waals surface area contributed by atoms with Gasteiger partial charge in [-0.15, -0.1) is 0 Å². The Labute approximate surface area is 164 Å². The molecule has 1 saturated heterocycles. The van der Waals surface area contributed by atoms with Gasteiger partial charge in [-0.05, 0) is 56.5 Å². The van der Waals surface area contributed by atoms with Crippen molar-refractivity contribution in [3.63, 3.8) is 0 Å². The summed E-state index contributed by atoms with van der Waals surface area (Å²) >= 11 is 0. The number of carboxylic acid groups (broad SMARTS) is 1.